The molecule has 0 saturated heterocycles. The van der Waals surface area contributed by atoms with Crippen molar-refractivity contribution in [1.29, 1.82) is 0 Å². The Morgan fingerprint density at radius 1 is 1.26 bits per heavy atom. The Bertz CT molecular complexity index is 572. The molecule has 0 amide bonds. The number of pyridine rings is 1. The van der Waals surface area contributed by atoms with E-state index in [1.807, 2.05) is 12.1 Å². The first-order valence-corrected chi connectivity index (χ1v) is 5.73. The zero-order valence-electron chi connectivity index (χ0n) is 10.0. The van der Waals surface area contributed by atoms with E-state index in [2.05, 4.69) is 4.98 Å². The second-order valence-electron chi connectivity index (χ2n) is 3.84. The largest absolute Gasteiger partial charge is 0.489 e. The number of para-hydroxylation sites is 1. The lowest BCUT2D eigenvalue weighted by Gasteiger charge is -2.09. The molecule has 0 aliphatic carbocycles. The molecule has 4 nitrogen and oxygen atoms in total. The topological polar surface area (TPSA) is 59.4 Å². The van der Waals surface area contributed by atoms with Gasteiger partial charge in [0, 0.05) is 18.3 Å². The summed E-state index contributed by atoms with van der Waals surface area (Å²) in [5.41, 5.74) is 0.622. The number of ether oxygens (including phenoxy) is 1. The molecule has 0 spiro atoms. The van der Waals surface area contributed by atoms with Crippen LogP contribution in [0.3, 0.4) is 0 Å². The Labute approximate surface area is 109 Å². The zero-order valence-corrected chi connectivity index (χ0v) is 10.0. The Hall–Kier alpha value is -2.43. The van der Waals surface area contributed by atoms with Crippen LogP contribution in [0.15, 0.2) is 42.6 Å². The molecule has 1 N–H and O–H groups in total. The van der Waals surface area contributed by atoms with Gasteiger partial charge in [0.05, 0.1) is 6.61 Å². The van der Waals surface area contributed by atoms with Crippen molar-refractivity contribution in [2.45, 2.75) is 6.42 Å². The molecule has 0 saturated carbocycles. The molecular formula is C14H12FNO3. The summed E-state index contributed by atoms with van der Waals surface area (Å²) in [5.74, 6) is -2.13. The van der Waals surface area contributed by atoms with Gasteiger partial charge in [-0.1, -0.05) is 12.1 Å². The van der Waals surface area contributed by atoms with E-state index in [0.717, 1.165) is 5.69 Å². The molecule has 1 heterocycles. The van der Waals surface area contributed by atoms with Crippen LogP contribution in [0.2, 0.25) is 0 Å². The number of nitrogens with zero attached hydrogens (tertiary/aromatic N) is 1. The smallest absolute Gasteiger partial charge is 0.339 e. The normalized spacial score (nSPS) is 10.2. The van der Waals surface area contributed by atoms with Gasteiger partial charge in [-0.25, -0.2) is 9.18 Å². The van der Waals surface area contributed by atoms with E-state index in [1.165, 1.54) is 18.2 Å². The van der Waals surface area contributed by atoms with Crippen molar-refractivity contribution >= 4 is 5.97 Å². The fourth-order valence-corrected chi connectivity index (χ4v) is 1.63. The Morgan fingerprint density at radius 2 is 2.11 bits per heavy atom. The van der Waals surface area contributed by atoms with Gasteiger partial charge in [-0.2, -0.15) is 0 Å². The highest BCUT2D eigenvalue weighted by molar-refractivity contribution is 5.90. The monoisotopic (exact) mass is 261 g/mol. The summed E-state index contributed by atoms with van der Waals surface area (Å²) in [4.78, 5) is 15.0. The number of carboxylic acid groups (broad SMARTS) is 1. The van der Waals surface area contributed by atoms with Gasteiger partial charge in [0.15, 0.2) is 11.6 Å². The summed E-state index contributed by atoms with van der Waals surface area (Å²) in [5, 5.41) is 8.95. The fourth-order valence-electron chi connectivity index (χ4n) is 1.63. The van der Waals surface area contributed by atoms with Crippen molar-refractivity contribution in [2.24, 2.45) is 0 Å². The first-order chi connectivity index (χ1) is 9.18. The van der Waals surface area contributed by atoms with E-state index in [1.54, 1.807) is 12.3 Å². The van der Waals surface area contributed by atoms with Crippen LogP contribution >= 0.6 is 0 Å². The maximum absolute atomic E-state index is 13.5. The number of aromatic carboxylic acids is 1. The molecule has 2 aromatic rings. The van der Waals surface area contributed by atoms with Crippen molar-refractivity contribution in [1.82, 2.24) is 4.98 Å². The highest BCUT2D eigenvalue weighted by Crippen LogP contribution is 2.22. The summed E-state index contributed by atoms with van der Waals surface area (Å²) in [7, 11) is 0. The second-order valence-corrected chi connectivity index (χ2v) is 3.84. The van der Waals surface area contributed by atoms with Gasteiger partial charge in [0.25, 0.3) is 0 Å². The minimum atomic E-state index is -1.22. The van der Waals surface area contributed by atoms with Crippen LogP contribution in [-0.2, 0) is 6.42 Å². The van der Waals surface area contributed by atoms with Crippen molar-refractivity contribution in [2.75, 3.05) is 6.61 Å². The van der Waals surface area contributed by atoms with Crippen molar-refractivity contribution in [3.05, 3.63) is 59.7 Å². The van der Waals surface area contributed by atoms with E-state index in [4.69, 9.17) is 9.84 Å². The Balaban J connectivity index is 2.05. The third-order valence-corrected chi connectivity index (χ3v) is 2.53. The number of hydrogen-bond acceptors (Lipinski definition) is 3. The van der Waals surface area contributed by atoms with Gasteiger partial charge in [-0.3, -0.25) is 4.98 Å². The quantitative estimate of drug-likeness (QED) is 0.898. The molecule has 0 atom stereocenters. The van der Waals surface area contributed by atoms with Crippen LogP contribution in [0.4, 0.5) is 4.39 Å². The van der Waals surface area contributed by atoms with E-state index >= 15 is 0 Å². The van der Waals surface area contributed by atoms with E-state index in [-0.39, 0.29) is 17.9 Å². The molecule has 2 rings (SSSR count). The summed E-state index contributed by atoms with van der Waals surface area (Å²) >= 11 is 0. The molecule has 0 fully saturated rings. The van der Waals surface area contributed by atoms with Crippen molar-refractivity contribution < 1.29 is 19.0 Å². The summed E-state index contributed by atoms with van der Waals surface area (Å²) < 4.78 is 18.8. The summed E-state index contributed by atoms with van der Waals surface area (Å²) in [6, 6.07) is 9.27. The number of aromatic nitrogens is 1. The lowest BCUT2D eigenvalue weighted by atomic mass is 10.2. The lowest BCUT2D eigenvalue weighted by Crippen LogP contribution is -2.08. The maximum Gasteiger partial charge on any atom is 0.339 e. The number of hydrogen-bond donors (Lipinski definition) is 1. The predicted molar refractivity (Wildman–Crippen MR) is 66.8 cm³/mol. The number of halogens is 1. The number of benzene rings is 1. The third kappa shape index (κ3) is 3.28. The number of carboxylic acids is 1. The van der Waals surface area contributed by atoms with Crippen LogP contribution in [-0.4, -0.2) is 22.7 Å². The fraction of sp³-hybridized carbons (Fsp3) is 0.143. The molecule has 19 heavy (non-hydrogen) atoms. The predicted octanol–water partition coefficient (Wildman–Crippen LogP) is 2.54. The molecule has 0 radical (unpaired) electrons. The highest BCUT2D eigenvalue weighted by atomic mass is 19.1. The molecule has 98 valence electrons. The zero-order chi connectivity index (χ0) is 13.7. The van der Waals surface area contributed by atoms with Gasteiger partial charge in [0.2, 0.25) is 0 Å². The Kier molecular flexibility index (Phi) is 4.07. The summed E-state index contributed by atoms with van der Waals surface area (Å²) in [6.45, 7) is 0.165. The van der Waals surface area contributed by atoms with Crippen LogP contribution in [0, 0.1) is 5.82 Å². The molecular weight excluding hydrogens is 249 g/mol. The van der Waals surface area contributed by atoms with Crippen LogP contribution in [0.1, 0.15) is 16.1 Å². The first kappa shape index (κ1) is 13.0. The third-order valence-electron chi connectivity index (χ3n) is 2.53. The van der Waals surface area contributed by atoms with Gasteiger partial charge in [-0.15, -0.1) is 0 Å². The molecule has 0 aliphatic heterocycles. The van der Waals surface area contributed by atoms with Crippen LogP contribution in [0.5, 0.6) is 5.75 Å². The van der Waals surface area contributed by atoms with Gasteiger partial charge in [-0.05, 0) is 24.3 Å². The SMILES string of the molecule is O=C(O)c1cccc(F)c1OCCc1ccccn1. The number of rotatable bonds is 5. The molecule has 0 unspecified atom stereocenters. The van der Waals surface area contributed by atoms with Gasteiger partial charge in [0.1, 0.15) is 5.56 Å². The molecule has 1 aromatic heterocycles. The van der Waals surface area contributed by atoms with Crippen LogP contribution in [0.25, 0.3) is 0 Å². The van der Waals surface area contributed by atoms with Crippen molar-refractivity contribution in [3.8, 4) is 5.75 Å². The summed E-state index contributed by atoms with van der Waals surface area (Å²) in [6.07, 6.45) is 2.13. The van der Waals surface area contributed by atoms with Crippen LogP contribution < -0.4 is 4.74 Å². The van der Waals surface area contributed by atoms with E-state index in [9.17, 15) is 9.18 Å². The van der Waals surface area contributed by atoms with Gasteiger partial charge < -0.3 is 9.84 Å². The molecule has 0 bridgehead atoms. The van der Waals surface area contributed by atoms with Gasteiger partial charge >= 0.3 is 5.97 Å². The average Bonchev–Trinajstić information content (AvgIpc) is 2.41. The average molecular weight is 261 g/mol. The molecule has 1 aromatic carbocycles. The van der Waals surface area contributed by atoms with E-state index < -0.39 is 11.8 Å². The van der Waals surface area contributed by atoms with E-state index in [0.29, 0.717) is 6.42 Å². The Morgan fingerprint density at radius 3 is 2.79 bits per heavy atom. The second kappa shape index (κ2) is 5.95. The lowest BCUT2D eigenvalue weighted by molar-refractivity contribution is 0.0691. The highest BCUT2D eigenvalue weighted by Gasteiger charge is 2.15. The van der Waals surface area contributed by atoms with Crippen molar-refractivity contribution in [3.63, 3.8) is 0 Å². The molecule has 0 aliphatic rings. The minimum Gasteiger partial charge on any atom is -0.489 e. The number of carbonyl (C=O) groups is 1. The first-order valence-electron chi connectivity index (χ1n) is 5.73. The standard InChI is InChI=1S/C14H12FNO3/c15-12-6-3-5-11(14(17)18)13(12)19-9-7-10-4-1-2-8-16-10/h1-6,8H,7,9H2,(H,17,18). The minimum absolute atomic E-state index is 0.165. The maximum atomic E-state index is 13.5. The molecule has 5 heteroatoms.